The second-order valence-electron chi connectivity index (χ2n) is 11.9. The molecule has 0 fully saturated rings. The first-order valence-electron chi connectivity index (χ1n) is 24.1. The number of aliphatic hydroxyl groups excluding tert-OH is 1. The van der Waals surface area contributed by atoms with Gasteiger partial charge in [0.25, 0.3) is 5.91 Å². The Balaban J connectivity index is 2.25. The zero-order valence-corrected chi connectivity index (χ0v) is 27.3. The van der Waals surface area contributed by atoms with Crippen LogP contribution in [0.1, 0.15) is 89.4 Å². The molecule has 4 atom stereocenters. The lowest BCUT2D eigenvalue weighted by Gasteiger charge is -2.37. The van der Waals surface area contributed by atoms with Gasteiger partial charge in [-0.3, -0.25) is 25.3 Å². The van der Waals surface area contributed by atoms with E-state index in [-0.39, 0.29) is 13.0 Å². The van der Waals surface area contributed by atoms with Crippen molar-refractivity contribution in [3.63, 3.8) is 0 Å². The fourth-order valence-corrected chi connectivity index (χ4v) is 4.98. The summed E-state index contributed by atoms with van der Waals surface area (Å²) in [7, 11) is 0. The maximum atomic E-state index is 14.4. The Morgan fingerprint density at radius 2 is 1.55 bits per heavy atom. The van der Waals surface area contributed by atoms with Gasteiger partial charge in [-0.05, 0) is 47.1 Å². The highest BCUT2D eigenvalue weighted by Gasteiger charge is 2.38. The summed E-state index contributed by atoms with van der Waals surface area (Å²) in [5, 5.41) is 40.5. The highest BCUT2D eigenvalue weighted by molar-refractivity contribution is 5.83. The van der Waals surface area contributed by atoms with Crippen molar-refractivity contribution in [2.75, 3.05) is 13.1 Å². The summed E-state index contributed by atoms with van der Waals surface area (Å²) in [6.07, 6.45) is -0.643. The van der Waals surface area contributed by atoms with Gasteiger partial charge >= 0.3 is 0 Å². The Morgan fingerprint density at radius 3 is 2.12 bits per heavy atom. The summed E-state index contributed by atoms with van der Waals surface area (Å²) in [5.41, 5.74) is -3.05. The van der Waals surface area contributed by atoms with E-state index in [1.165, 1.54) is 6.92 Å². The smallest absolute Gasteiger partial charge is 0.252 e. The van der Waals surface area contributed by atoms with Crippen LogP contribution < -0.4 is 21.4 Å². The van der Waals surface area contributed by atoms with Crippen molar-refractivity contribution in [3.8, 4) is 11.3 Å². The summed E-state index contributed by atoms with van der Waals surface area (Å²) in [5.74, 6) is -6.27. The van der Waals surface area contributed by atoms with Crippen LogP contribution in [-0.4, -0.2) is 80.4 Å². The molecule has 11 heteroatoms. The number of aromatic nitrogens is 1. The van der Waals surface area contributed by atoms with Crippen molar-refractivity contribution in [3.05, 3.63) is 90.1 Å². The number of nitrogens with one attached hydrogen (secondary N) is 4. The van der Waals surface area contributed by atoms with Gasteiger partial charge in [-0.15, -0.1) is 0 Å². The van der Waals surface area contributed by atoms with Crippen molar-refractivity contribution in [1.29, 1.82) is 0 Å². The largest absolute Gasteiger partial charge is 0.390 e. The first-order valence-corrected chi connectivity index (χ1v) is 15.4. The van der Waals surface area contributed by atoms with Crippen molar-refractivity contribution < 1.29 is 48.2 Å². The van der Waals surface area contributed by atoms with Crippen LogP contribution >= 0.6 is 0 Å². The molecule has 0 unspecified atom stereocenters. The highest BCUT2D eigenvalue weighted by atomic mass is 16.5. The molecule has 0 bridgehead atoms. The fraction of sp³-hybridized carbons (Fsp3) is 0.500. The van der Waals surface area contributed by atoms with Crippen LogP contribution in [0.2, 0.25) is 0 Å². The van der Waals surface area contributed by atoms with Gasteiger partial charge in [0.15, 0.2) is 0 Å². The van der Waals surface area contributed by atoms with Crippen LogP contribution in [-0.2, 0) is 22.6 Å². The summed E-state index contributed by atoms with van der Waals surface area (Å²) in [6, 6.07) is 12.8. The predicted molar refractivity (Wildman–Crippen MR) is 192 cm³/mol. The molecule has 2 aromatic carbocycles. The number of carbonyl (C=O) groups is 2. The maximum absolute atomic E-state index is 14.4. The second-order valence-corrected chi connectivity index (χ2v) is 11.9. The molecule has 49 heavy (non-hydrogen) atoms. The molecule has 1 aromatic heterocycles. The number of rotatable bonds is 16. The summed E-state index contributed by atoms with van der Waals surface area (Å²) in [6.45, 7) is -21.5. The van der Waals surface area contributed by atoms with Gasteiger partial charge in [-0.2, -0.15) is 0 Å². The number of carbonyl (C=O) groups excluding carboxylic acids is 2. The summed E-state index contributed by atoms with van der Waals surface area (Å²) in [4.78, 5) is 33.1. The minimum Gasteiger partial charge on any atom is -0.390 e. The van der Waals surface area contributed by atoms with Crippen LogP contribution in [0.3, 0.4) is 0 Å². The monoisotopic (exact) mass is 694 g/mol. The minimum atomic E-state index is -3.83. The quantitative estimate of drug-likeness (QED) is 0.0883. The molecule has 7 N–H and O–H groups in total. The Labute approximate surface area is 315 Å². The molecule has 11 nitrogen and oxygen atoms in total. The van der Waals surface area contributed by atoms with Gasteiger partial charge in [0.1, 0.15) is 0 Å². The zero-order chi connectivity index (χ0) is 50.5. The minimum absolute atomic E-state index is 0.297. The molecule has 0 aliphatic heterocycles. The SMILES string of the molecule is [2H]C([2H])C([C@H](NC(C)(O)O)C(=O)NN(Cc1ccc(-c2ccccn2)cc1)C[C@H](O)[C@H](Cc1ccccc1)NC(=O)[C@@H](NCC)C(C([2H])([2H])[2H])(C([2H])([2H])[2H])C([2H])([2H])[2H])(C([2H])([2H])[2H])C([2H])([2H])[2H]. The van der Waals surface area contributed by atoms with Crippen LogP contribution in [0.25, 0.3) is 11.3 Å². The molecule has 1 heterocycles. The van der Waals surface area contributed by atoms with E-state index in [9.17, 15) is 24.9 Å². The first kappa shape index (κ1) is 21.5. The molecule has 0 aliphatic carbocycles. The molecule has 0 spiro atoms. The molecular weight excluding hydrogens is 620 g/mol. The molecule has 2 amide bonds. The van der Waals surface area contributed by atoms with Gasteiger partial charge in [0.2, 0.25) is 11.8 Å². The number of hydrazine groups is 1. The van der Waals surface area contributed by atoms with Gasteiger partial charge in [0, 0.05) is 55.1 Å². The molecule has 0 saturated heterocycles. The van der Waals surface area contributed by atoms with Crippen molar-refractivity contribution >= 4 is 11.8 Å². The van der Waals surface area contributed by atoms with E-state index in [4.69, 9.17) is 23.3 Å². The fourth-order valence-electron chi connectivity index (χ4n) is 4.98. The Morgan fingerprint density at radius 1 is 0.878 bits per heavy atom. The Bertz CT molecular complexity index is 1980. The van der Waals surface area contributed by atoms with E-state index in [0.717, 1.165) is 5.01 Å². The van der Waals surface area contributed by atoms with E-state index < -0.39 is 107 Å². The second kappa shape index (κ2) is 17.3. The lowest BCUT2D eigenvalue weighted by atomic mass is 9.85. The van der Waals surface area contributed by atoms with Gasteiger partial charge in [-0.25, -0.2) is 5.01 Å². The van der Waals surface area contributed by atoms with Crippen LogP contribution in [0.5, 0.6) is 0 Å². The number of nitrogens with zero attached hydrogens (tertiary/aromatic N) is 2. The normalized spacial score (nSPS) is 21.4. The first-order chi connectivity index (χ1) is 30.1. The number of benzene rings is 2. The van der Waals surface area contributed by atoms with E-state index in [1.807, 2.05) is 5.32 Å². The van der Waals surface area contributed by atoms with Gasteiger partial charge in [-0.1, -0.05) is 109 Å². The van der Waals surface area contributed by atoms with Crippen LogP contribution in [0.15, 0.2) is 79.0 Å². The third-order valence-electron chi connectivity index (χ3n) is 7.29. The zero-order valence-electron chi connectivity index (χ0n) is 44.3. The third kappa shape index (κ3) is 12.9. The summed E-state index contributed by atoms with van der Waals surface area (Å²) < 4.78 is 140. The number of amides is 2. The van der Waals surface area contributed by atoms with Gasteiger partial charge < -0.3 is 26.0 Å². The molecular formula is C38H56N6O5. The number of hydrogen-bond acceptors (Lipinski definition) is 9. The molecule has 3 aromatic rings. The van der Waals surface area contributed by atoms with Crippen molar-refractivity contribution in [2.45, 2.75) is 98.1 Å². The van der Waals surface area contributed by atoms with E-state index >= 15 is 0 Å². The lowest BCUT2D eigenvalue weighted by Crippen LogP contribution is -2.62. The standard InChI is InChI=1S/C38H56N6O5/c1-9-39-32(36(2,3)4)34(46)41-30(23-26-15-11-10-12-16-26)31(45)25-44(43-35(47)33(37(5,6)7)42-38(8,48)49)24-27-18-20-28(21-19-27)29-17-13-14-22-40-29/h10-22,30-33,39,42,45,48-49H,9,23-25H2,1-8H3,(H,41,46)(H,43,47)/t30-,31-,32+,33+/m0/s1/i2D3,3D3,4D3,5D2,6D3,7D3. The third-order valence-corrected chi connectivity index (χ3v) is 7.29. The average molecular weight is 694 g/mol. The van der Waals surface area contributed by atoms with Crippen LogP contribution in [0.4, 0.5) is 0 Å². The molecule has 0 saturated carbocycles. The van der Waals surface area contributed by atoms with E-state index in [0.29, 0.717) is 29.3 Å². The lowest BCUT2D eigenvalue weighted by molar-refractivity contribution is -0.185. The summed E-state index contributed by atoms with van der Waals surface area (Å²) >= 11 is 0. The van der Waals surface area contributed by atoms with Crippen molar-refractivity contribution in [1.82, 2.24) is 31.4 Å². The average Bonchev–Trinajstić information content (AvgIpc) is 3.15. The van der Waals surface area contributed by atoms with E-state index in [2.05, 4.69) is 21.0 Å². The van der Waals surface area contributed by atoms with E-state index in [1.54, 1.807) is 79.0 Å². The predicted octanol–water partition coefficient (Wildman–Crippen LogP) is 3.36. The molecule has 0 aliphatic rings. The topological polar surface area (TPSA) is 159 Å². The Kier molecular flexibility index (Phi) is 7.58. The Hall–Kier alpha value is -3.71. The molecule has 268 valence electrons. The number of aliphatic hydroxyl groups is 3. The number of hydrogen-bond donors (Lipinski definition) is 7. The maximum Gasteiger partial charge on any atom is 0.252 e. The number of likely N-dealkylation sites (N-methyl/N-ethyl adjacent to an activating group) is 1. The molecule has 3 rings (SSSR count). The van der Waals surface area contributed by atoms with Crippen molar-refractivity contribution in [2.24, 2.45) is 10.8 Å². The molecule has 0 radical (unpaired) electrons. The van der Waals surface area contributed by atoms with Crippen LogP contribution in [0, 0.1) is 10.8 Å². The van der Waals surface area contributed by atoms with Gasteiger partial charge in [0.05, 0.1) is 29.9 Å². The number of pyridine rings is 1. The highest BCUT2D eigenvalue weighted by Crippen LogP contribution is 2.23.